The van der Waals surface area contributed by atoms with Crippen LogP contribution >= 0.6 is 0 Å². The molecule has 0 saturated heterocycles. The van der Waals surface area contributed by atoms with Gasteiger partial charge in [0.25, 0.3) is 0 Å². The largest absolute Gasteiger partial charge is 0.481 e. The van der Waals surface area contributed by atoms with Crippen molar-refractivity contribution in [2.45, 2.75) is 18.8 Å². The van der Waals surface area contributed by atoms with Gasteiger partial charge in [-0.2, -0.15) is 0 Å². The van der Waals surface area contributed by atoms with E-state index < -0.39 is 5.97 Å². The molecule has 0 aliphatic heterocycles. The Hall–Kier alpha value is -3.40. The third-order valence-corrected chi connectivity index (χ3v) is 5.16. The van der Waals surface area contributed by atoms with Crippen LogP contribution in [0.25, 0.3) is 11.1 Å². The molecule has 140 valence electrons. The highest BCUT2D eigenvalue weighted by atomic mass is 16.5. The Morgan fingerprint density at radius 1 is 0.821 bits per heavy atom. The van der Waals surface area contributed by atoms with E-state index in [1.165, 1.54) is 22.3 Å². The van der Waals surface area contributed by atoms with Crippen molar-refractivity contribution in [1.82, 2.24) is 0 Å². The van der Waals surface area contributed by atoms with Crippen LogP contribution in [0.2, 0.25) is 0 Å². The van der Waals surface area contributed by atoms with Crippen LogP contribution in [0.5, 0.6) is 0 Å². The zero-order valence-electron chi connectivity index (χ0n) is 15.3. The minimum absolute atomic E-state index is 0.0335. The minimum atomic E-state index is -0.833. The fraction of sp³-hybridized carbons (Fsp3) is 0.167. The van der Waals surface area contributed by atoms with E-state index >= 15 is 0 Å². The molecule has 3 aromatic carbocycles. The first kappa shape index (κ1) is 18.0. The first-order valence-electron chi connectivity index (χ1n) is 9.29. The Bertz CT molecular complexity index is 975. The number of carbonyl (C=O) groups excluding carboxylic acids is 1. The molecule has 0 aromatic heterocycles. The van der Waals surface area contributed by atoms with Crippen molar-refractivity contribution in [2.75, 3.05) is 6.61 Å². The Morgan fingerprint density at radius 3 is 1.96 bits per heavy atom. The number of carboxylic acids is 1. The van der Waals surface area contributed by atoms with Crippen molar-refractivity contribution < 1.29 is 19.4 Å². The molecular weight excluding hydrogens is 352 g/mol. The number of aliphatic carboxylic acids is 1. The number of carbonyl (C=O) groups is 2. The summed E-state index contributed by atoms with van der Waals surface area (Å²) in [6, 6.07) is 23.4. The molecule has 0 heterocycles. The summed E-state index contributed by atoms with van der Waals surface area (Å²) in [5.74, 6) is -1.17. The van der Waals surface area contributed by atoms with Gasteiger partial charge in [0.05, 0.1) is 5.56 Å². The smallest absolute Gasteiger partial charge is 0.338 e. The molecule has 4 heteroatoms. The zero-order valence-corrected chi connectivity index (χ0v) is 15.3. The molecule has 3 aromatic rings. The number of aryl methyl sites for hydroxylation is 1. The fourth-order valence-electron chi connectivity index (χ4n) is 3.74. The van der Waals surface area contributed by atoms with Crippen LogP contribution < -0.4 is 0 Å². The summed E-state index contributed by atoms with van der Waals surface area (Å²) in [5, 5.41) is 8.76. The molecule has 0 atom stereocenters. The van der Waals surface area contributed by atoms with E-state index in [-0.39, 0.29) is 24.9 Å². The standard InChI is InChI=1S/C24H20O4/c25-23(26)14-11-16-9-12-17(13-10-16)24(27)28-15-22-20-7-3-1-5-18(20)19-6-2-4-8-21(19)22/h1-10,12-13,22H,11,14-15H2,(H,25,26). The van der Waals surface area contributed by atoms with Crippen molar-refractivity contribution in [1.29, 1.82) is 0 Å². The van der Waals surface area contributed by atoms with E-state index in [1.807, 2.05) is 24.3 Å². The molecule has 0 spiro atoms. The number of carboxylic acid groups (broad SMARTS) is 1. The maximum atomic E-state index is 12.5. The number of hydrogen-bond donors (Lipinski definition) is 1. The molecule has 0 amide bonds. The second-order valence-electron chi connectivity index (χ2n) is 6.92. The first-order chi connectivity index (χ1) is 13.6. The van der Waals surface area contributed by atoms with E-state index in [4.69, 9.17) is 9.84 Å². The van der Waals surface area contributed by atoms with Crippen LogP contribution in [0.3, 0.4) is 0 Å². The number of esters is 1. The van der Waals surface area contributed by atoms with E-state index in [2.05, 4.69) is 24.3 Å². The summed E-state index contributed by atoms with van der Waals surface area (Å²) in [6.07, 6.45) is 0.518. The van der Waals surface area contributed by atoms with Gasteiger partial charge < -0.3 is 9.84 Å². The number of hydrogen-bond acceptors (Lipinski definition) is 3. The first-order valence-corrected chi connectivity index (χ1v) is 9.29. The van der Waals surface area contributed by atoms with Crippen molar-refractivity contribution in [3.05, 3.63) is 95.1 Å². The van der Waals surface area contributed by atoms with Crippen LogP contribution in [-0.2, 0) is 16.0 Å². The zero-order chi connectivity index (χ0) is 19.5. The van der Waals surface area contributed by atoms with Gasteiger partial charge in [-0.05, 0) is 46.4 Å². The summed E-state index contributed by atoms with van der Waals surface area (Å²) < 4.78 is 5.63. The molecule has 0 unspecified atom stereocenters. The monoisotopic (exact) mass is 372 g/mol. The van der Waals surface area contributed by atoms with Gasteiger partial charge in [-0.3, -0.25) is 4.79 Å². The highest BCUT2D eigenvalue weighted by molar-refractivity contribution is 5.89. The van der Waals surface area contributed by atoms with Crippen LogP contribution in [0.15, 0.2) is 72.8 Å². The van der Waals surface area contributed by atoms with Crippen LogP contribution in [0.4, 0.5) is 0 Å². The predicted molar refractivity (Wildman–Crippen MR) is 106 cm³/mol. The SMILES string of the molecule is O=C(O)CCc1ccc(C(=O)OCC2c3ccccc3-c3ccccc32)cc1. The average Bonchev–Trinajstić information content (AvgIpc) is 3.05. The molecule has 0 saturated carbocycles. The highest BCUT2D eigenvalue weighted by Crippen LogP contribution is 2.44. The fourth-order valence-corrected chi connectivity index (χ4v) is 3.74. The molecule has 0 fully saturated rings. The highest BCUT2D eigenvalue weighted by Gasteiger charge is 2.29. The lowest BCUT2D eigenvalue weighted by Gasteiger charge is -2.14. The molecule has 4 nitrogen and oxygen atoms in total. The Morgan fingerprint density at radius 2 is 1.39 bits per heavy atom. The summed E-state index contributed by atoms with van der Waals surface area (Å²) in [6.45, 7) is 0.285. The molecule has 0 radical (unpaired) electrons. The van der Waals surface area contributed by atoms with E-state index in [0.717, 1.165) is 5.56 Å². The van der Waals surface area contributed by atoms with Gasteiger partial charge in [-0.15, -0.1) is 0 Å². The Kier molecular flexibility index (Phi) is 4.94. The quantitative estimate of drug-likeness (QED) is 0.639. The molecule has 0 bridgehead atoms. The second kappa shape index (κ2) is 7.69. The van der Waals surface area contributed by atoms with Crippen molar-refractivity contribution in [2.24, 2.45) is 0 Å². The van der Waals surface area contributed by atoms with Gasteiger partial charge in [0.2, 0.25) is 0 Å². The van der Waals surface area contributed by atoms with E-state index in [1.54, 1.807) is 24.3 Å². The molecule has 1 aliphatic rings. The van der Waals surface area contributed by atoms with Gasteiger partial charge >= 0.3 is 11.9 Å². The van der Waals surface area contributed by atoms with Crippen molar-refractivity contribution in [3.63, 3.8) is 0 Å². The van der Waals surface area contributed by atoms with Crippen LogP contribution in [-0.4, -0.2) is 23.7 Å². The summed E-state index contributed by atoms with van der Waals surface area (Å²) in [4.78, 5) is 23.1. The lowest BCUT2D eigenvalue weighted by atomic mass is 9.98. The van der Waals surface area contributed by atoms with Gasteiger partial charge in [0.15, 0.2) is 0 Å². The number of benzene rings is 3. The maximum Gasteiger partial charge on any atom is 0.338 e. The summed E-state index contributed by atoms with van der Waals surface area (Å²) in [7, 11) is 0. The van der Waals surface area contributed by atoms with E-state index in [9.17, 15) is 9.59 Å². The topological polar surface area (TPSA) is 63.6 Å². The molecule has 4 rings (SSSR count). The number of fused-ring (bicyclic) bond motifs is 3. The third-order valence-electron chi connectivity index (χ3n) is 5.16. The Labute approximate surface area is 163 Å². The predicted octanol–water partition coefficient (Wildman–Crippen LogP) is 4.67. The molecule has 1 N–H and O–H groups in total. The lowest BCUT2D eigenvalue weighted by Crippen LogP contribution is -2.12. The van der Waals surface area contributed by atoms with Crippen molar-refractivity contribution >= 4 is 11.9 Å². The Balaban J connectivity index is 1.46. The number of rotatable bonds is 6. The van der Waals surface area contributed by atoms with Gasteiger partial charge in [-0.1, -0.05) is 60.7 Å². The molecule has 28 heavy (non-hydrogen) atoms. The van der Waals surface area contributed by atoms with Gasteiger partial charge in [0.1, 0.15) is 6.61 Å². The average molecular weight is 372 g/mol. The normalized spacial score (nSPS) is 12.3. The summed E-state index contributed by atoms with van der Waals surface area (Å²) in [5.41, 5.74) is 6.11. The minimum Gasteiger partial charge on any atom is -0.481 e. The summed E-state index contributed by atoms with van der Waals surface area (Å²) >= 11 is 0. The third kappa shape index (κ3) is 3.54. The lowest BCUT2D eigenvalue weighted by molar-refractivity contribution is -0.136. The maximum absolute atomic E-state index is 12.5. The van der Waals surface area contributed by atoms with Crippen LogP contribution in [0.1, 0.15) is 39.4 Å². The van der Waals surface area contributed by atoms with Crippen molar-refractivity contribution in [3.8, 4) is 11.1 Å². The van der Waals surface area contributed by atoms with Gasteiger partial charge in [-0.25, -0.2) is 4.79 Å². The molecule has 1 aliphatic carbocycles. The van der Waals surface area contributed by atoms with Crippen LogP contribution in [0, 0.1) is 0 Å². The molecular formula is C24H20O4. The second-order valence-corrected chi connectivity index (χ2v) is 6.92. The van der Waals surface area contributed by atoms with Gasteiger partial charge in [0, 0.05) is 12.3 Å². The number of ether oxygens (including phenoxy) is 1. The van der Waals surface area contributed by atoms with E-state index in [0.29, 0.717) is 12.0 Å².